The van der Waals surface area contributed by atoms with Crippen LogP contribution < -0.4 is 10.6 Å². The summed E-state index contributed by atoms with van der Waals surface area (Å²) in [5.41, 5.74) is 2.38. The Labute approximate surface area is 149 Å². The van der Waals surface area contributed by atoms with E-state index in [1.807, 2.05) is 36.5 Å². The van der Waals surface area contributed by atoms with Crippen LogP contribution in [-0.2, 0) is 12.8 Å². The van der Waals surface area contributed by atoms with Gasteiger partial charge in [0, 0.05) is 43.0 Å². The minimum atomic E-state index is 0.781. The van der Waals surface area contributed by atoms with Crippen LogP contribution in [0.5, 0.6) is 0 Å². The highest BCUT2D eigenvalue weighted by Crippen LogP contribution is 2.10. The molecular weight excluding hydrogens is 320 g/mol. The topological polar surface area (TPSA) is 49.3 Å². The number of nitrogens with one attached hydrogen (secondary N) is 2. The third kappa shape index (κ3) is 7.01. The van der Waals surface area contributed by atoms with Crippen molar-refractivity contribution in [3.8, 4) is 0 Å². The van der Waals surface area contributed by atoms with E-state index in [2.05, 4.69) is 39.7 Å². The Morgan fingerprint density at radius 2 is 1.92 bits per heavy atom. The lowest BCUT2D eigenvalue weighted by molar-refractivity contribution is 0.770. The number of hydrogen-bond acceptors (Lipinski definition) is 2. The zero-order valence-electron chi connectivity index (χ0n) is 14.1. The van der Waals surface area contributed by atoms with Crippen LogP contribution in [0.3, 0.4) is 0 Å². The van der Waals surface area contributed by atoms with Crippen LogP contribution in [0.25, 0.3) is 0 Å². The summed E-state index contributed by atoms with van der Waals surface area (Å²) < 4.78 is 0. The molecule has 2 N–H and O–H groups in total. The predicted molar refractivity (Wildman–Crippen MR) is 102 cm³/mol. The van der Waals surface area contributed by atoms with Crippen LogP contribution >= 0.6 is 11.6 Å². The van der Waals surface area contributed by atoms with Gasteiger partial charge in [0.05, 0.1) is 0 Å². The number of pyridine rings is 1. The maximum Gasteiger partial charge on any atom is 0.191 e. The van der Waals surface area contributed by atoms with Gasteiger partial charge >= 0.3 is 0 Å². The van der Waals surface area contributed by atoms with Crippen molar-refractivity contribution in [2.75, 3.05) is 19.6 Å². The second-order valence-electron chi connectivity index (χ2n) is 5.49. The first-order chi connectivity index (χ1) is 11.8. The van der Waals surface area contributed by atoms with E-state index in [0.29, 0.717) is 0 Å². The molecule has 2 aromatic rings. The first-order valence-corrected chi connectivity index (χ1v) is 8.82. The molecule has 0 saturated heterocycles. The van der Waals surface area contributed by atoms with Crippen molar-refractivity contribution in [3.63, 3.8) is 0 Å². The number of nitrogens with zero attached hydrogens (tertiary/aromatic N) is 2. The molecule has 0 aliphatic rings. The molecule has 1 aromatic heterocycles. The molecule has 0 aliphatic heterocycles. The van der Waals surface area contributed by atoms with E-state index >= 15 is 0 Å². The van der Waals surface area contributed by atoms with E-state index in [0.717, 1.165) is 55.6 Å². The Hall–Kier alpha value is -2.07. The van der Waals surface area contributed by atoms with Crippen LogP contribution in [0.15, 0.2) is 53.7 Å². The number of halogens is 1. The summed E-state index contributed by atoms with van der Waals surface area (Å²) >= 11 is 5.90. The van der Waals surface area contributed by atoms with Crippen LogP contribution in [0, 0.1) is 0 Å². The minimum absolute atomic E-state index is 0.781. The highest BCUT2D eigenvalue weighted by atomic mass is 35.5. The Balaban J connectivity index is 1.72. The molecule has 1 aromatic carbocycles. The zero-order valence-corrected chi connectivity index (χ0v) is 14.9. The van der Waals surface area contributed by atoms with Crippen LogP contribution in [0.4, 0.5) is 0 Å². The van der Waals surface area contributed by atoms with Gasteiger partial charge in [0.25, 0.3) is 0 Å². The van der Waals surface area contributed by atoms with Crippen LogP contribution in [-0.4, -0.2) is 30.6 Å². The van der Waals surface area contributed by atoms with Gasteiger partial charge < -0.3 is 10.6 Å². The SMILES string of the molecule is CCNC(=NCCCc1ccc(Cl)cc1)NCCc1ccccn1. The van der Waals surface area contributed by atoms with Gasteiger partial charge in [0.15, 0.2) is 5.96 Å². The first-order valence-electron chi connectivity index (χ1n) is 8.44. The molecule has 0 amide bonds. The Kier molecular flexibility index (Phi) is 8.11. The van der Waals surface area contributed by atoms with Gasteiger partial charge in [-0.2, -0.15) is 0 Å². The second kappa shape index (κ2) is 10.7. The summed E-state index contributed by atoms with van der Waals surface area (Å²) in [6, 6.07) is 14.0. The number of benzene rings is 1. The molecule has 1 heterocycles. The third-order valence-corrected chi connectivity index (χ3v) is 3.80. The molecule has 0 unspecified atom stereocenters. The van der Waals surface area contributed by atoms with Gasteiger partial charge in [-0.1, -0.05) is 29.8 Å². The minimum Gasteiger partial charge on any atom is -0.357 e. The molecule has 4 nitrogen and oxygen atoms in total. The lowest BCUT2D eigenvalue weighted by Crippen LogP contribution is -2.38. The third-order valence-electron chi connectivity index (χ3n) is 3.55. The van der Waals surface area contributed by atoms with E-state index in [4.69, 9.17) is 11.6 Å². The molecule has 0 aliphatic carbocycles. The number of guanidine groups is 1. The van der Waals surface area contributed by atoms with Crippen LogP contribution in [0.2, 0.25) is 5.02 Å². The van der Waals surface area contributed by atoms with Gasteiger partial charge in [-0.05, 0) is 49.6 Å². The average Bonchev–Trinajstić information content (AvgIpc) is 2.61. The van der Waals surface area contributed by atoms with E-state index in [1.54, 1.807) is 0 Å². The van der Waals surface area contributed by atoms with Crippen molar-refractivity contribution in [2.24, 2.45) is 4.99 Å². The molecule has 0 fully saturated rings. The highest BCUT2D eigenvalue weighted by molar-refractivity contribution is 6.30. The molecule has 2 rings (SSSR count). The Bertz CT molecular complexity index is 611. The summed E-state index contributed by atoms with van der Waals surface area (Å²) in [5, 5.41) is 7.41. The summed E-state index contributed by atoms with van der Waals surface area (Å²) in [5.74, 6) is 0.865. The molecule has 0 bridgehead atoms. The quantitative estimate of drug-likeness (QED) is 0.438. The highest BCUT2D eigenvalue weighted by Gasteiger charge is 1.99. The van der Waals surface area contributed by atoms with Gasteiger partial charge in [0.1, 0.15) is 0 Å². The maximum atomic E-state index is 5.90. The number of aliphatic imine (C=N–C) groups is 1. The summed E-state index contributed by atoms with van der Waals surface area (Å²) in [7, 11) is 0. The number of aromatic nitrogens is 1. The normalized spacial score (nSPS) is 11.3. The molecule has 0 spiro atoms. The van der Waals surface area contributed by atoms with Gasteiger partial charge in [-0.3, -0.25) is 9.98 Å². The largest absolute Gasteiger partial charge is 0.357 e. The summed E-state index contributed by atoms with van der Waals surface area (Å²) in [6.45, 7) is 4.54. The predicted octanol–water partition coefficient (Wildman–Crippen LogP) is 3.47. The monoisotopic (exact) mass is 344 g/mol. The molecular formula is C19H25ClN4. The van der Waals surface area contributed by atoms with E-state index in [-0.39, 0.29) is 0 Å². The zero-order chi connectivity index (χ0) is 17.0. The smallest absolute Gasteiger partial charge is 0.191 e. The van der Waals surface area contributed by atoms with Crippen molar-refractivity contribution >= 4 is 17.6 Å². The molecule has 24 heavy (non-hydrogen) atoms. The van der Waals surface area contributed by atoms with E-state index in [1.165, 1.54) is 5.56 Å². The second-order valence-corrected chi connectivity index (χ2v) is 5.92. The first kappa shape index (κ1) is 18.3. The molecule has 5 heteroatoms. The van der Waals surface area contributed by atoms with Crippen molar-refractivity contribution in [1.29, 1.82) is 0 Å². The average molecular weight is 345 g/mol. The van der Waals surface area contributed by atoms with Gasteiger partial charge in [-0.25, -0.2) is 0 Å². The van der Waals surface area contributed by atoms with Crippen molar-refractivity contribution < 1.29 is 0 Å². The van der Waals surface area contributed by atoms with Crippen molar-refractivity contribution in [2.45, 2.75) is 26.2 Å². The molecule has 0 radical (unpaired) electrons. The fourth-order valence-electron chi connectivity index (χ4n) is 2.32. The summed E-state index contributed by atoms with van der Waals surface area (Å²) in [4.78, 5) is 8.95. The standard InChI is InChI=1S/C19H25ClN4/c1-2-21-19(24-15-12-18-7-3-4-13-22-18)23-14-5-6-16-8-10-17(20)11-9-16/h3-4,7-11,13H,2,5-6,12,14-15H2,1H3,(H2,21,23,24). The fraction of sp³-hybridized carbons (Fsp3) is 0.368. The van der Waals surface area contributed by atoms with Gasteiger partial charge in [-0.15, -0.1) is 0 Å². The van der Waals surface area contributed by atoms with Gasteiger partial charge in [0.2, 0.25) is 0 Å². The molecule has 0 saturated carbocycles. The number of hydrogen-bond donors (Lipinski definition) is 2. The lowest BCUT2D eigenvalue weighted by Gasteiger charge is -2.11. The molecule has 128 valence electrons. The van der Waals surface area contributed by atoms with Crippen LogP contribution in [0.1, 0.15) is 24.6 Å². The number of rotatable bonds is 8. The lowest BCUT2D eigenvalue weighted by atomic mass is 10.1. The van der Waals surface area contributed by atoms with E-state index < -0.39 is 0 Å². The summed E-state index contributed by atoms with van der Waals surface area (Å²) in [6.07, 6.45) is 4.73. The molecule has 0 atom stereocenters. The van der Waals surface area contributed by atoms with E-state index in [9.17, 15) is 0 Å². The van der Waals surface area contributed by atoms with Crippen molar-refractivity contribution in [3.05, 3.63) is 64.9 Å². The number of aryl methyl sites for hydroxylation is 1. The van der Waals surface area contributed by atoms with Crippen molar-refractivity contribution in [1.82, 2.24) is 15.6 Å². The fourth-order valence-corrected chi connectivity index (χ4v) is 2.45. The Morgan fingerprint density at radius 3 is 2.62 bits per heavy atom. The Morgan fingerprint density at radius 1 is 1.08 bits per heavy atom. The maximum absolute atomic E-state index is 5.90.